The first-order valence-corrected chi connectivity index (χ1v) is 6.41. The average molecular weight is 228 g/mol. The molecule has 15 heavy (non-hydrogen) atoms. The van der Waals surface area contributed by atoms with Crippen molar-refractivity contribution in [1.82, 2.24) is 10.6 Å². The van der Waals surface area contributed by atoms with Gasteiger partial charge in [0, 0.05) is 23.5 Å². The van der Waals surface area contributed by atoms with Gasteiger partial charge in [-0.1, -0.05) is 6.92 Å². The molecule has 0 saturated carbocycles. The summed E-state index contributed by atoms with van der Waals surface area (Å²) in [5.41, 5.74) is 0. The lowest BCUT2D eigenvalue weighted by Crippen LogP contribution is -2.53. The molecule has 2 saturated heterocycles. The quantitative estimate of drug-likeness (QED) is 0.666. The summed E-state index contributed by atoms with van der Waals surface area (Å²) in [6, 6.07) is 0.257. The van der Waals surface area contributed by atoms with Crippen molar-refractivity contribution in [2.45, 2.75) is 43.5 Å². The number of carbonyl (C=O) groups is 2. The molecular formula is C10H16N2O2S. The molecule has 0 aromatic heterocycles. The first kappa shape index (κ1) is 11.0. The van der Waals surface area contributed by atoms with Crippen LogP contribution in [0.1, 0.15) is 26.2 Å². The summed E-state index contributed by atoms with van der Waals surface area (Å²) in [6.45, 7) is 2.21. The highest BCUT2D eigenvalue weighted by Gasteiger charge is 2.30. The zero-order valence-corrected chi connectivity index (χ0v) is 9.60. The van der Waals surface area contributed by atoms with Crippen LogP contribution in [-0.2, 0) is 9.59 Å². The van der Waals surface area contributed by atoms with E-state index in [1.165, 1.54) is 0 Å². The molecule has 5 heteroatoms. The molecule has 2 amide bonds. The van der Waals surface area contributed by atoms with Gasteiger partial charge >= 0.3 is 0 Å². The van der Waals surface area contributed by atoms with Gasteiger partial charge in [0.25, 0.3) is 0 Å². The van der Waals surface area contributed by atoms with Gasteiger partial charge in [0.1, 0.15) is 0 Å². The Balaban J connectivity index is 1.84. The predicted molar refractivity (Wildman–Crippen MR) is 59.6 cm³/mol. The molecule has 0 aliphatic carbocycles. The Morgan fingerprint density at radius 2 is 2.27 bits per heavy atom. The summed E-state index contributed by atoms with van der Waals surface area (Å²) in [5.74, 6) is 0.766. The number of hydrogen-bond acceptors (Lipinski definition) is 4. The summed E-state index contributed by atoms with van der Waals surface area (Å²) < 4.78 is 0. The summed E-state index contributed by atoms with van der Waals surface area (Å²) in [5, 5.41) is 6.38. The largest absolute Gasteiger partial charge is 0.302 e. The van der Waals surface area contributed by atoms with E-state index in [1.54, 1.807) is 0 Å². The minimum atomic E-state index is -0.168. The maximum Gasteiger partial charge on any atom is 0.243 e. The van der Waals surface area contributed by atoms with Crippen molar-refractivity contribution < 1.29 is 9.59 Å². The first-order valence-electron chi connectivity index (χ1n) is 5.36. The van der Waals surface area contributed by atoms with Crippen LogP contribution in [0.5, 0.6) is 0 Å². The highest BCUT2D eigenvalue weighted by atomic mass is 32.2. The normalized spacial score (nSPS) is 36.7. The molecule has 2 aliphatic rings. The topological polar surface area (TPSA) is 58.2 Å². The third-order valence-corrected chi connectivity index (χ3v) is 4.23. The van der Waals surface area contributed by atoms with Crippen LogP contribution in [0.3, 0.4) is 0 Å². The fourth-order valence-corrected chi connectivity index (χ4v) is 3.23. The number of thioether (sulfide) groups is 1. The molecule has 0 aromatic rings. The van der Waals surface area contributed by atoms with Crippen molar-refractivity contribution in [2.24, 2.45) is 0 Å². The molecule has 3 atom stereocenters. The second-order valence-electron chi connectivity index (χ2n) is 4.25. The van der Waals surface area contributed by atoms with Crippen LogP contribution >= 0.6 is 11.8 Å². The zero-order valence-electron chi connectivity index (χ0n) is 8.79. The van der Waals surface area contributed by atoms with Crippen molar-refractivity contribution >= 4 is 23.6 Å². The van der Waals surface area contributed by atoms with E-state index in [0.29, 0.717) is 24.1 Å². The van der Waals surface area contributed by atoms with Crippen LogP contribution in [0.2, 0.25) is 0 Å². The van der Waals surface area contributed by atoms with Gasteiger partial charge in [-0.2, -0.15) is 11.8 Å². The van der Waals surface area contributed by atoms with Crippen molar-refractivity contribution in [3.05, 3.63) is 0 Å². The van der Waals surface area contributed by atoms with E-state index in [4.69, 9.17) is 0 Å². The molecule has 0 spiro atoms. The van der Waals surface area contributed by atoms with Gasteiger partial charge in [-0.3, -0.25) is 14.9 Å². The molecule has 0 aromatic carbocycles. The molecule has 0 radical (unpaired) electrons. The van der Waals surface area contributed by atoms with Crippen LogP contribution in [0.25, 0.3) is 0 Å². The minimum absolute atomic E-state index is 0.146. The number of nitrogens with one attached hydrogen (secondary N) is 2. The van der Waals surface area contributed by atoms with Crippen LogP contribution in [-0.4, -0.2) is 34.9 Å². The van der Waals surface area contributed by atoms with Gasteiger partial charge in [0.2, 0.25) is 11.8 Å². The van der Waals surface area contributed by atoms with Gasteiger partial charge in [-0.05, 0) is 12.8 Å². The zero-order chi connectivity index (χ0) is 10.8. The lowest BCUT2D eigenvalue weighted by atomic mass is 10.0. The second kappa shape index (κ2) is 4.53. The summed E-state index contributed by atoms with van der Waals surface area (Å²) in [6.07, 6.45) is 2.21. The summed E-state index contributed by atoms with van der Waals surface area (Å²) >= 11 is 1.93. The van der Waals surface area contributed by atoms with Crippen LogP contribution in [0, 0.1) is 0 Å². The van der Waals surface area contributed by atoms with Gasteiger partial charge in [0.15, 0.2) is 0 Å². The highest BCUT2D eigenvalue weighted by molar-refractivity contribution is 8.00. The fourth-order valence-electron chi connectivity index (χ4n) is 2.07. The average Bonchev–Trinajstić information content (AvgIpc) is 2.56. The summed E-state index contributed by atoms with van der Waals surface area (Å²) in [7, 11) is 0. The molecular weight excluding hydrogens is 212 g/mol. The van der Waals surface area contributed by atoms with Gasteiger partial charge in [0.05, 0.1) is 6.04 Å². The molecule has 2 aliphatic heterocycles. The Morgan fingerprint density at radius 1 is 1.47 bits per heavy atom. The van der Waals surface area contributed by atoms with E-state index < -0.39 is 0 Å². The van der Waals surface area contributed by atoms with Crippen molar-refractivity contribution in [2.75, 3.05) is 5.75 Å². The van der Waals surface area contributed by atoms with Crippen molar-refractivity contribution in [3.63, 3.8) is 0 Å². The maximum atomic E-state index is 11.5. The molecule has 4 nitrogen and oxygen atoms in total. The Morgan fingerprint density at radius 3 is 2.87 bits per heavy atom. The highest BCUT2D eigenvalue weighted by Crippen LogP contribution is 2.26. The van der Waals surface area contributed by atoms with E-state index in [9.17, 15) is 9.59 Å². The summed E-state index contributed by atoms with van der Waals surface area (Å²) in [4.78, 5) is 22.4. The monoisotopic (exact) mass is 228 g/mol. The van der Waals surface area contributed by atoms with E-state index in [-0.39, 0.29) is 17.9 Å². The van der Waals surface area contributed by atoms with Crippen LogP contribution in [0.4, 0.5) is 0 Å². The number of rotatable bonds is 2. The Labute approximate surface area is 93.6 Å². The molecule has 2 rings (SSSR count). The van der Waals surface area contributed by atoms with Crippen LogP contribution in [0.15, 0.2) is 0 Å². The van der Waals surface area contributed by atoms with E-state index >= 15 is 0 Å². The maximum absolute atomic E-state index is 11.5. The third kappa shape index (κ3) is 2.72. The number of piperidine rings is 1. The van der Waals surface area contributed by atoms with E-state index in [1.807, 2.05) is 11.8 Å². The Kier molecular flexibility index (Phi) is 3.31. The molecule has 2 fully saturated rings. The smallest absolute Gasteiger partial charge is 0.243 e. The molecule has 84 valence electrons. The molecule has 3 unspecified atom stereocenters. The minimum Gasteiger partial charge on any atom is -0.302 e. The Hall–Kier alpha value is -0.550. The van der Waals surface area contributed by atoms with Gasteiger partial charge < -0.3 is 5.32 Å². The van der Waals surface area contributed by atoms with Crippen molar-refractivity contribution in [3.8, 4) is 0 Å². The Bertz CT molecular complexity index is 283. The molecule has 0 bridgehead atoms. The standard InChI is InChI=1S/C10H16N2O2S/c1-6-4-7(5-15-6)11-8-2-3-9(13)12-10(8)14/h6-8,11H,2-5H2,1H3,(H,12,13,14). The van der Waals surface area contributed by atoms with Crippen LogP contribution < -0.4 is 10.6 Å². The fraction of sp³-hybridized carbons (Fsp3) is 0.800. The number of hydrogen-bond donors (Lipinski definition) is 2. The number of amides is 2. The lowest BCUT2D eigenvalue weighted by molar-refractivity contribution is -0.134. The number of imide groups is 1. The molecule has 2 N–H and O–H groups in total. The van der Waals surface area contributed by atoms with Crippen molar-refractivity contribution in [1.29, 1.82) is 0 Å². The van der Waals surface area contributed by atoms with Gasteiger partial charge in [-0.15, -0.1) is 0 Å². The lowest BCUT2D eigenvalue weighted by Gasteiger charge is -2.24. The van der Waals surface area contributed by atoms with E-state index in [0.717, 1.165) is 12.2 Å². The van der Waals surface area contributed by atoms with Gasteiger partial charge in [-0.25, -0.2) is 0 Å². The second-order valence-corrected chi connectivity index (χ2v) is 5.72. The SMILES string of the molecule is CC1CC(NC2CCC(=O)NC2=O)CS1. The number of carbonyl (C=O) groups excluding carboxylic acids is 2. The first-order chi connectivity index (χ1) is 7.15. The predicted octanol–water partition coefficient (Wildman–Crippen LogP) is 0.275. The molecule has 2 heterocycles. The van der Waals surface area contributed by atoms with E-state index in [2.05, 4.69) is 17.6 Å². The third-order valence-electron chi connectivity index (χ3n) is 2.87.